The Balaban J connectivity index is 0.00000144. The normalized spacial score (nSPS) is 19.0. The largest absolute Gasteiger partial charge is 0.337 e. The summed E-state index contributed by atoms with van der Waals surface area (Å²) in [5.41, 5.74) is 6.41. The lowest BCUT2D eigenvalue weighted by Gasteiger charge is -2.15. The summed E-state index contributed by atoms with van der Waals surface area (Å²) in [6.45, 7) is 1.38. The van der Waals surface area contributed by atoms with Crippen LogP contribution in [-0.4, -0.2) is 29.9 Å². The molecule has 0 bridgehead atoms. The Kier molecular flexibility index (Phi) is 5.50. The minimum atomic E-state index is 0. The zero-order valence-corrected chi connectivity index (χ0v) is 12.8. The topological polar surface area (TPSA) is 46.3 Å². The van der Waals surface area contributed by atoms with E-state index in [-0.39, 0.29) is 24.4 Å². The number of likely N-dealkylation sites (tertiary alicyclic amines) is 1. The molecule has 1 aliphatic rings. The van der Waals surface area contributed by atoms with Crippen molar-refractivity contribution >= 4 is 52.5 Å². The van der Waals surface area contributed by atoms with Gasteiger partial charge in [-0.25, -0.2) is 0 Å². The summed E-state index contributed by atoms with van der Waals surface area (Å²) in [5.74, 6) is 0.0197. The van der Waals surface area contributed by atoms with Crippen molar-refractivity contribution in [1.29, 1.82) is 0 Å². The zero-order valence-electron chi connectivity index (χ0n) is 9.03. The number of carbonyl (C=O) groups is 1. The van der Waals surface area contributed by atoms with Gasteiger partial charge in [-0.15, -0.1) is 12.4 Å². The minimum absolute atomic E-state index is 0. The molecule has 17 heavy (non-hydrogen) atoms. The molecule has 1 saturated heterocycles. The van der Waals surface area contributed by atoms with Gasteiger partial charge in [0.1, 0.15) is 0 Å². The second kappa shape index (κ2) is 6.22. The van der Waals surface area contributed by atoms with E-state index in [0.29, 0.717) is 17.1 Å². The molecule has 0 saturated carbocycles. The third-order valence-corrected chi connectivity index (χ3v) is 4.25. The Morgan fingerprint density at radius 1 is 1.53 bits per heavy atom. The lowest BCUT2D eigenvalue weighted by molar-refractivity contribution is 0.0791. The quantitative estimate of drug-likeness (QED) is 0.754. The molecule has 2 rings (SSSR count). The van der Waals surface area contributed by atoms with Crippen molar-refractivity contribution in [3.8, 4) is 0 Å². The highest BCUT2D eigenvalue weighted by Crippen LogP contribution is 2.21. The number of nitrogens with two attached hydrogens (primary N) is 1. The van der Waals surface area contributed by atoms with Gasteiger partial charge in [-0.2, -0.15) is 0 Å². The second-order valence-electron chi connectivity index (χ2n) is 3.93. The van der Waals surface area contributed by atoms with E-state index in [1.165, 1.54) is 0 Å². The minimum Gasteiger partial charge on any atom is -0.337 e. The molecule has 3 nitrogen and oxygen atoms in total. The van der Waals surface area contributed by atoms with Crippen LogP contribution < -0.4 is 5.73 Å². The Labute approximate surface area is 125 Å². The number of carbonyl (C=O) groups excluding carboxylic acids is 1. The van der Waals surface area contributed by atoms with Crippen molar-refractivity contribution < 1.29 is 4.79 Å². The van der Waals surface area contributed by atoms with E-state index in [4.69, 9.17) is 17.3 Å². The molecule has 1 aromatic rings. The van der Waals surface area contributed by atoms with Gasteiger partial charge >= 0.3 is 0 Å². The number of hydrogen-bond donors (Lipinski definition) is 1. The Morgan fingerprint density at radius 2 is 2.24 bits per heavy atom. The summed E-state index contributed by atoms with van der Waals surface area (Å²) in [6, 6.07) is 5.49. The van der Waals surface area contributed by atoms with E-state index in [9.17, 15) is 4.79 Å². The molecule has 1 heterocycles. The van der Waals surface area contributed by atoms with Gasteiger partial charge in [-0.3, -0.25) is 4.79 Å². The molecule has 2 N–H and O–H groups in total. The van der Waals surface area contributed by atoms with Crippen LogP contribution in [0.1, 0.15) is 16.8 Å². The van der Waals surface area contributed by atoms with Gasteiger partial charge in [-0.05, 0) is 47.2 Å². The number of halogens is 3. The van der Waals surface area contributed by atoms with E-state index in [1.54, 1.807) is 17.0 Å². The number of nitrogens with zero attached hydrogens (tertiary/aromatic N) is 1. The maximum atomic E-state index is 12.1. The Bertz CT molecular complexity index is 428. The molecule has 1 aliphatic heterocycles. The molecule has 0 radical (unpaired) electrons. The fraction of sp³-hybridized carbons (Fsp3) is 0.364. The summed E-state index contributed by atoms with van der Waals surface area (Å²) in [6.07, 6.45) is 0.879. The predicted octanol–water partition coefficient (Wildman–Crippen LogP) is 2.54. The molecule has 1 unspecified atom stereocenters. The summed E-state index contributed by atoms with van der Waals surface area (Å²) >= 11 is 8.13. The maximum Gasteiger partial charge on any atom is 0.253 e. The third-order valence-electron chi connectivity index (χ3n) is 2.68. The zero-order chi connectivity index (χ0) is 11.7. The van der Waals surface area contributed by atoms with Gasteiger partial charge in [0.15, 0.2) is 0 Å². The van der Waals surface area contributed by atoms with E-state index in [1.807, 2.05) is 6.07 Å². The first-order valence-corrected chi connectivity index (χ1v) is 6.53. The first-order valence-electron chi connectivity index (χ1n) is 5.08. The molecule has 1 amide bonds. The van der Waals surface area contributed by atoms with Crippen LogP contribution in [0.25, 0.3) is 0 Å². The second-order valence-corrected chi connectivity index (χ2v) is 5.50. The molecule has 1 fully saturated rings. The van der Waals surface area contributed by atoms with E-state index in [0.717, 1.165) is 16.5 Å². The molecule has 94 valence electrons. The molecule has 0 aliphatic carbocycles. The monoisotopic (exact) mass is 386 g/mol. The summed E-state index contributed by atoms with van der Waals surface area (Å²) in [7, 11) is 0. The molecule has 1 aromatic carbocycles. The van der Waals surface area contributed by atoms with Crippen molar-refractivity contribution in [2.75, 3.05) is 13.1 Å². The SMILES string of the molecule is Cl.NC1CCN(C(=O)c2ccc(I)c(Cl)c2)C1. The fourth-order valence-corrected chi connectivity index (χ4v) is 2.30. The third kappa shape index (κ3) is 3.47. The number of rotatable bonds is 1. The van der Waals surface area contributed by atoms with Gasteiger partial charge in [0.05, 0.1) is 5.02 Å². The van der Waals surface area contributed by atoms with Crippen molar-refractivity contribution in [2.45, 2.75) is 12.5 Å². The van der Waals surface area contributed by atoms with E-state index in [2.05, 4.69) is 22.6 Å². The van der Waals surface area contributed by atoms with Gasteiger partial charge in [0, 0.05) is 28.3 Å². The average Bonchev–Trinajstić information content (AvgIpc) is 2.68. The maximum absolute atomic E-state index is 12.1. The Morgan fingerprint density at radius 3 is 2.76 bits per heavy atom. The highest BCUT2D eigenvalue weighted by molar-refractivity contribution is 14.1. The van der Waals surface area contributed by atoms with Gasteiger partial charge in [-0.1, -0.05) is 11.6 Å². The summed E-state index contributed by atoms with van der Waals surface area (Å²) in [4.78, 5) is 13.8. The van der Waals surface area contributed by atoms with Crippen molar-refractivity contribution in [1.82, 2.24) is 4.90 Å². The molecule has 1 atom stereocenters. The van der Waals surface area contributed by atoms with Gasteiger partial charge < -0.3 is 10.6 Å². The van der Waals surface area contributed by atoms with E-state index >= 15 is 0 Å². The fourth-order valence-electron chi connectivity index (χ4n) is 1.78. The average molecular weight is 387 g/mol. The molecule has 6 heteroatoms. The lowest BCUT2D eigenvalue weighted by atomic mass is 10.2. The van der Waals surface area contributed by atoms with Crippen LogP contribution in [0.5, 0.6) is 0 Å². The summed E-state index contributed by atoms with van der Waals surface area (Å²) in [5, 5.41) is 0.620. The number of amides is 1. The first-order chi connectivity index (χ1) is 7.58. The predicted molar refractivity (Wildman–Crippen MR) is 79.9 cm³/mol. The van der Waals surface area contributed by atoms with Crippen molar-refractivity contribution in [2.24, 2.45) is 5.73 Å². The highest BCUT2D eigenvalue weighted by atomic mass is 127. The van der Waals surface area contributed by atoms with Crippen LogP contribution in [0.15, 0.2) is 18.2 Å². The van der Waals surface area contributed by atoms with E-state index < -0.39 is 0 Å². The molecule has 0 spiro atoms. The first kappa shape index (κ1) is 15.0. The van der Waals surface area contributed by atoms with Gasteiger partial charge in [0.2, 0.25) is 0 Å². The van der Waals surface area contributed by atoms with Crippen LogP contribution in [-0.2, 0) is 0 Å². The standard InChI is InChI=1S/C11H12ClIN2O.ClH/c12-9-5-7(1-2-10(9)13)11(16)15-4-3-8(14)6-15;/h1-2,5,8H,3-4,6,14H2;1H. The molecular weight excluding hydrogens is 374 g/mol. The van der Waals surface area contributed by atoms with Crippen LogP contribution in [0, 0.1) is 3.57 Å². The van der Waals surface area contributed by atoms with Crippen LogP contribution in [0.2, 0.25) is 5.02 Å². The highest BCUT2D eigenvalue weighted by Gasteiger charge is 2.24. The van der Waals surface area contributed by atoms with Crippen molar-refractivity contribution in [3.63, 3.8) is 0 Å². The lowest BCUT2D eigenvalue weighted by Crippen LogP contribution is -2.31. The van der Waals surface area contributed by atoms with Crippen LogP contribution in [0.4, 0.5) is 0 Å². The Hall–Kier alpha value is -0.0400. The van der Waals surface area contributed by atoms with Gasteiger partial charge in [0.25, 0.3) is 5.91 Å². The smallest absolute Gasteiger partial charge is 0.253 e. The molecule has 0 aromatic heterocycles. The van der Waals surface area contributed by atoms with Crippen LogP contribution in [0.3, 0.4) is 0 Å². The number of hydrogen-bond acceptors (Lipinski definition) is 2. The van der Waals surface area contributed by atoms with Crippen molar-refractivity contribution in [3.05, 3.63) is 32.4 Å². The number of benzene rings is 1. The van der Waals surface area contributed by atoms with Crippen LogP contribution >= 0.6 is 46.6 Å². The molecular formula is C11H13Cl2IN2O. The summed E-state index contributed by atoms with van der Waals surface area (Å²) < 4.78 is 0.953.